The van der Waals surface area contributed by atoms with Crippen molar-refractivity contribution in [2.45, 2.75) is 73.9 Å². The first-order chi connectivity index (χ1) is 12.6. The van der Waals surface area contributed by atoms with Crippen molar-refractivity contribution in [1.29, 1.82) is 0 Å². The van der Waals surface area contributed by atoms with Gasteiger partial charge in [0.15, 0.2) is 9.84 Å². The Balaban J connectivity index is 1.34. The molecule has 0 amide bonds. The molecule has 3 fully saturated rings. The highest BCUT2D eigenvalue weighted by Crippen LogP contribution is 2.46. The molecule has 4 heteroatoms. The maximum atomic E-state index is 13.2. The Labute approximate surface area is 159 Å². The van der Waals surface area contributed by atoms with E-state index in [1.807, 2.05) is 18.2 Å². The molecule has 0 spiro atoms. The van der Waals surface area contributed by atoms with Crippen LogP contribution in [0.3, 0.4) is 0 Å². The first-order valence-corrected chi connectivity index (χ1v) is 12.1. The van der Waals surface area contributed by atoms with Gasteiger partial charge in [0.1, 0.15) is 0 Å². The van der Waals surface area contributed by atoms with Gasteiger partial charge in [-0.3, -0.25) is 0 Å². The maximum Gasteiger partial charge on any atom is 0.184 e. The van der Waals surface area contributed by atoms with Crippen molar-refractivity contribution in [3.8, 4) is 0 Å². The van der Waals surface area contributed by atoms with Crippen LogP contribution in [0.5, 0.6) is 0 Å². The second kappa shape index (κ2) is 7.63. The smallest absolute Gasteiger partial charge is 0.184 e. The summed E-state index contributed by atoms with van der Waals surface area (Å²) in [4.78, 5) is 3.14. The molecule has 1 aliphatic heterocycles. The average molecular weight is 376 g/mol. The minimum absolute atomic E-state index is 0.489. The summed E-state index contributed by atoms with van der Waals surface area (Å²) in [6.45, 7) is 3.55. The number of piperidine rings is 1. The van der Waals surface area contributed by atoms with Crippen LogP contribution >= 0.6 is 0 Å². The van der Waals surface area contributed by atoms with Gasteiger partial charge in [-0.2, -0.15) is 0 Å². The van der Waals surface area contributed by atoms with Gasteiger partial charge in [-0.15, -0.1) is 0 Å². The first-order valence-electron chi connectivity index (χ1n) is 10.6. The van der Waals surface area contributed by atoms with Crippen molar-refractivity contribution < 1.29 is 8.42 Å². The largest absolute Gasteiger partial charge is 0.303 e. The monoisotopic (exact) mass is 375 g/mol. The molecule has 1 aromatic carbocycles. The summed E-state index contributed by atoms with van der Waals surface area (Å²) in [6.07, 6.45) is 11.6. The summed E-state index contributed by atoms with van der Waals surface area (Å²) >= 11 is 0. The summed E-state index contributed by atoms with van der Waals surface area (Å²) in [7, 11) is -3.20. The summed E-state index contributed by atoms with van der Waals surface area (Å²) < 4.78 is 25.9. The standard InChI is InChI=1S/C22H33NO2S/c24-26(25,21-10-2-1-3-11-21)22(13-6-14-22)15-7-16-23-17-12-19-8-4-5-9-20(19)18-23/h1-3,10-11,19-20H,4-9,12-18H2/t19?,20-/m0/s1. The summed E-state index contributed by atoms with van der Waals surface area (Å²) in [5.41, 5.74) is 0. The molecule has 26 heavy (non-hydrogen) atoms. The lowest BCUT2D eigenvalue weighted by molar-refractivity contribution is 0.0842. The minimum Gasteiger partial charge on any atom is -0.303 e. The van der Waals surface area contributed by atoms with Gasteiger partial charge >= 0.3 is 0 Å². The second-order valence-corrected chi connectivity index (χ2v) is 11.2. The van der Waals surface area contributed by atoms with Crippen LogP contribution < -0.4 is 0 Å². The van der Waals surface area contributed by atoms with E-state index in [0.717, 1.165) is 50.5 Å². The molecule has 1 unspecified atom stereocenters. The molecule has 2 aliphatic carbocycles. The number of rotatable bonds is 6. The van der Waals surface area contributed by atoms with Gasteiger partial charge in [0, 0.05) is 6.54 Å². The summed E-state index contributed by atoms with van der Waals surface area (Å²) in [5, 5.41) is 0. The highest BCUT2D eigenvalue weighted by Gasteiger charge is 2.48. The Kier molecular flexibility index (Phi) is 5.43. The van der Waals surface area contributed by atoms with Gasteiger partial charge in [0.05, 0.1) is 9.64 Å². The van der Waals surface area contributed by atoms with Crippen LogP contribution in [0.1, 0.15) is 64.2 Å². The van der Waals surface area contributed by atoms with E-state index in [1.54, 1.807) is 12.1 Å². The second-order valence-electron chi connectivity index (χ2n) is 8.85. The highest BCUT2D eigenvalue weighted by molar-refractivity contribution is 7.93. The van der Waals surface area contributed by atoms with Gasteiger partial charge < -0.3 is 4.90 Å². The Morgan fingerprint density at radius 3 is 2.38 bits per heavy atom. The van der Waals surface area contributed by atoms with Gasteiger partial charge in [-0.25, -0.2) is 8.42 Å². The quantitative estimate of drug-likeness (QED) is 0.725. The van der Waals surface area contributed by atoms with Gasteiger partial charge in [-0.05, 0) is 75.6 Å². The van der Waals surface area contributed by atoms with Crippen molar-refractivity contribution in [1.82, 2.24) is 4.90 Å². The maximum absolute atomic E-state index is 13.2. The van der Waals surface area contributed by atoms with Crippen LogP contribution in [0.4, 0.5) is 0 Å². The molecule has 4 rings (SSSR count). The Morgan fingerprint density at radius 1 is 0.962 bits per heavy atom. The molecule has 0 bridgehead atoms. The van der Waals surface area contributed by atoms with Crippen LogP contribution in [0, 0.1) is 11.8 Å². The number of hydrogen-bond donors (Lipinski definition) is 0. The van der Waals surface area contributed by atoms with Crippen molar-refractivity contribution >= 4 is 9.84 Å². The first kappa shape index (κ1) is 18.5. The molecule has 1 saturated heterocycles. The third-order valence-electron chi connectivity index (χ3n) is 7.37. The fraction of sp³-hybridized carbons (Fsp3) is 0.727. The number of nitrogens with zero attached hydrogens (tertiary/aromatic N) is 1. The number of sulfone groups is 1. The predicted octanol–water partition coefficient (Wildman–Crippen LogP) is 4.68. The molecule has 2 saturated carbocycles. The van der Waals surface area contributed by atoms with E-state index in [4.69, 9.17) is 0 Å². The zero-order chi connectivity index (χ0) is 18.0. The third kappa shape index (κ3) is 3.47. The molecular weight excluding hydrogens is 342 g/mol. The van der Waals surface area contributed by atoms with Gasteiger partial charge in [0.25, 0.3) is 0 Å². The number of likely N-dealkylation sites (tertiary alicyclic amines) is 1. The van der Waals surface area contributed by atoms with E-state index < -0.39 is 14.6 Å². The summed E-state index contributed by atoms with van der Waals surface area (Å²) in [5.74, 6) is 1.87. The van der Waals surface area contributed by atoms with E-state index in [-0.39, 0.29) is 0 Å². The number of hydrogen-bond acceptors (Lipinski definition) is 3. The Morgan fingerprint density at radius 2 is 1.69 bits per heavy atom. The zero-order valence-corrected chi connectivity index (χ0v) is 16.7. The minimum atomic E-state index is -3.20. The Bertz CT molecular complexity index is 696. The van der Waals surface area contributed by atoms with Crippen LogP contribution in [-0.4, -0.2) is 37.7 Å². The third-order valence-corrected chi connectivity index (χ3v) is 10.0. The Hall–Kier alpha value is -0.870. The fourth-order valence-corrected chi connectivity index (χ4v) is 7.83. The van der Waals surface area contributed by atoms with E-state index in [9.17, 15) is 8.42 Å². The van der Waals surface area contributed by atoms with Crippen LogP contribution in [0.2, 0.25) is 0 Å². The summed E-state index contributed by atoms with van der Waals surface area (Å²) in [6, 6.07) is 9.11. The lowest BCUT2D eigenvalue weighted by Crippen LogP contribution is -2.46. The van der Waals surface area contributed by atoms with Crippen molar-refractivity contribution in [3.05, 3.63) is 30.3 Å². The fourth-order valence-electron chi connectivity index (χ4n) is 5.58. The molecule has 0 aromatic heterocycles. The van der Waals surface area contributed by atoms with Crippen molar-refractivity contribution in [2.75, 3.05) is 19.6 Å². The predicted molar refractivity (Wildman–Crippen MR) is 106 cm³/mol. The molecule has 1 aromatic rings. The molecular formula is C22H33NO2S. The molecule has 0 N–H and O–H groups in total. The molecule has 2 atom stereocenters. The number of fused-ring (bicyclic) bond motifs is 1. The topological polar surface area (TPSA) is 37.4 Å². The van der Waals surface area contributed by atoms with E-state index in [1.165, 1.54) is 45.2 Å². The molecule has 144 valence electrons. The normalized spacial score (nSPS) is 28.9. The zero-order valence-electron chi connectivity index (χ0n) is 15.9. The van der Waals surface area contributed by atoms with Crippen LogP contribution in [0.15, 0.2) is 35.2 Å². The van der Waals surface area contributed by atoms with E-state index in [0.29, 0.717) is 4.90 Å². The SMILES string of the molecule is O=S(=O)(c1ccccc1)C1(CCCN2CCC3CCCC[C@H]3C2)CCC1. The molecule has 3 nitrogen and oxygen atoms in total. The van der Waals surface area contributed by atoms with E-state index in [2.05, 4.69) is 4.90 Å². The molecule has 1 heterocycles. The molecule has 3 aliphatic rings. The highest BCUT2D eigenvalue weighted by atomic mass is 32.2. The molecule has 0 radical (unpaired) electrons. The average Bonchev–Trinajstić information content (AvgIpc) is 2.64. The number of benzene rings is 1. The lowest BCUT2D eigenvalue weighted by atomic mass is 9.75. The van der Waals surface area contributed by atoms with Crippen molar-refractivity contribution in [3.63, 3.8) is 0 Å². The van der Waals surface area contributed by atoms with Crippen LogP contribution in [-0.2, 0) is 9.84 Å². The van der Waals surface area contributed by atoms with Crippen LogP contribution in [0.25, 0.3) is 0 Å². The van der Waals surface area contributed by atoms with E-state index >= 15 is 0 Å². The van der Waals surface area contributed by atoms with Crippen molar-refractivity contribution in [2.24, 2.45) is 11.8 Å². The van der Waals surface area contributed by atoms with Gasteiger partial charge in [0.2, 0.25) is 0 Å². The van der Waals surface area contributed by atoms with Gasteiger partial charge in [-0.1, -0.05) is 43.9 Å². The lowest BCUT2D eigenvalue weighted by Gasteiger charge is -2.43.